The lowest BCUT2D eigenvalue weighted by molar-refractivity contribution is 0.584. The third kappa shape index (κ3) is 2.12. The summed E-state index contributed by atoms with van der Waals surface area (Å²) in [7, 11) is -1.98. The average Bonchev–Trinajstić information content (AvgIpc) is 3.03. The van der Waals surface area contributed by atoms with Gasteiger partial charge in [-0.1, -0.05) is 29.5 Å². The van der Waals surface area contributed by atoms with E-state index in [1.807, 2.05) is 31.2 Å². The van der Waals surface area contributed by atoms with Gasteiger partial charge in [0.25, 0.3) is 10.0 Å². The summed E-state index contributed by atoms with van der Waals surface area (Å²) in [5, 5.41) is 0. The quantitative estimate of drug-likeness (QED) is 0.706. The number of hydrogen-bond acceptors (Lipinski definition) is 4. The zero-order chi connectivity index (χ0) is 17.1. The van der Waals surface area contributed by atoms with E-state index >= 15 is 0 Å². The molecule has 0 amide bonds. The molecule has 0 unspecified atom stereocenters. The predicted octanol–water partition coefficient (Wildman–Crippen LogP) is 2.74. The highest BCUT2D eigenvalue weighted by atomic mass is 32.2. The molecule has 124 valence electrons. The fourth-order valence-electron chi connectivity index (χ4n) is 3.29. The van der Waals surface area contributed by atoms with Crippen molar-refractivity contribution in [2.75, 3.05) is 4.31 Å². The Hall–Kier alpha value is -2.12. The van der Waals surface area contributed by atoms with Gasteiger partial charge in [-0.25, -0.2) is 8.42 Å². The molecule has 3 aromatic rings. The largest absolute Gasteiger partial charge is 0.307 e. The molecule has 1 aliphatic rings. The van der Waals surface area contributed by atoms with E-state index in [0.29, 0.717) is 11.1 Å². The summed E-state index contributed by atoms with van der Waals surface area (Å²) in [6, 6.07) is 12.3. The van der Waals surface area contributed by atoms with Crippen LogP contribution in [0.1, 0.15) is 12.5 Å². The van der Waals surface area contributed by atoms with E-state index in [1.165, 1.54) is 8.87 Å². The zero-order valence-corrected chi connectivity index (χ0v) is 14.9. The smallest absolute Gasteiger partial charge is 0.302 e. The van der Waals surface area contributed by atoms with Gasteiger partial charge >= 0.3 is 4.87 Å². The van der Waals surface area contributed by atoms with Gasteiger partial charge in [0.15, 0.2) is 0 Å². The minimum Gasteiger partial charge on any atom is -0.302 e. The Morgan fingerprint density at radius 1 is 1.17 bits per heavy atom. The van der Waals surface area contributed by atoms with Crippen molar-refractivity contribution in [1.82, 2.24) is 4.57 Å². The van der Waals surface area contributed by atoms with E-state index in [-0.39, 0.29) is 15.8 Å². The van der Waals surface area contributed by atoms with Crippen LogP contribution in [0.2, 0.25) is 0 Å². The highest BCUT2D eigenvalue weighted by Gasteiger charge is 2.35. The maximum absolute atomic E-state index is 13.2. The fourth-order valence-corrected chi connectivity index (χ4v) is 6.00. The number of sulfonamides is 1. The number of nitrogens with zero attached hydrogens (tertiary/aromatic N) is 2. The highest BCUT2D eigenvalue weighted by molar-refractivity contribution is 7.93. The van der Waals surface area contributed by atoms with Crippen LogP contribution in [0.4, 0.5) is 5.69 Å². The second kappa shape index (κ2) is 5.19. The lowest BCUT2D eigenvalue weighted by Crippen LogP contribution is -2.35. The van der Waals surface area contributed by atoms with Crippen molar-refractivity contribution < 1.29 is 8.42 Å². The predicted molar refractivity (Wildman–Crippen MR) is 96.3 cm³/mol. The van der Waals surface area contributed by atoms with E-state index in [1.54, 1.807) is 25.2 Å². The number of aryl methyl sites for hydroxylation is 1. The normalized spacial score (nSPS) is 17.4. The lowest BCUT2D eigenvalue weighted by atomic mass is 10.1. The Morgan fingerprint density at radius 2 is 1.92 bits per heavy atom. The van der Waals surface area contributed by atoms with Crippen molar-refractivity contribution in [3.8, 4) is 0 Å². The number of aromatic nitrogens is 1. The van der Waals surface area contributed by atoms with Gasteiger partial charge in [0.05, 0.1) is 20.8 Å². The van der Waals surface area contributed by atoms with E-state index < -0.39 is 10.0 Å². The molecule has 5 nitrogen and oxygen atoms in total. The van der Waals surface area contributed by atoms with Gasteiger partial charge < -0.3 is 4.57 Å². The Bertz CT molecular complexity index is 1110. The first-order valence-electron chi connectivity index (χ1n) is 7.61. The van der Waals surface area contributed by atoms with Gasteiger partial charge in [0.2, 0.25) is 0 Å². The summed E-state index contributed by atoms with van der Waals surface area (Å²) >= 11 is 1.06. The van der Waals surface area contributed by atoms with Gasteiger partial charge in [0.1, 0.15) is 0 Å². The molecule has 0 aliphatic carbocycles. The summed E-state index contributed by atoms with van der Waals surface area (Å²) in [6.07, 6.45) is 0.705. The van der Waals surface area contributed by atoms with Gasteiger partial charge in [-0.3, -0.25) is 9.10 Å². The van der Waals surface area contributed by atoms with Crippen molar-refractivity contribution in [1.29, 1.82) is 0 Å². The Labute approximate surface area is 143 Å². The summed E-state index contributed by atoms with van der Waals surface area (Å²) in [6.45, 7) is 1.91. The van der Waals surface area contributed by atoms with Gasteiger partial charge in [0, 0.05) is 13.1 Å². The van der Waals surface area contributed by atoms with Crippen LogP contribution >= 0.6 is 11.3 Å². The molecule has 1 aliphatic heterocycles. The number of hydrogen-bond donors (Lipinski definition) is 0. The number of rotatable bonds is 2. The lowest BCUT2D eigenvalue weighted by Gasteiger charge is -2.24. The second-order valence-corrected chi connectivity index (χ2v) is 8.85. The molecular weight excluding hydrogens is 344 g/mol. The number of thiazole rings is 1. The Morgan fingerprint density at radius 3 is 2.71 bits per heavy atom. The number of anilines is 1. The first-order valence-corrected chi connectivity index (χ1v) is 9.87. The third-order valence-corrected chi connectivity index (χ3v) is 7.38. The molecule has 0 fully saturated rings. The van der Waals surface area contributed by atoms with Crippen molar-refractivity contribution in [3.05, 3.63) is 57.7 Å². The SMILES string of the molecule is C[C@H]1Cc2ccccc2N1S(=O)(=O)c1ccc2c(c1)sc(=O)n2C. The number of para-hydroxylation sites is 1. The van der Waals surface area contributed by atoms with E-state index in [2.05, 4.69) is 0 Å². The average molecular weight is 360 g/mol. The summed E-state index contributed by atoms with van der Waals surface area (Å²) in [4.78, 5) is 11.9. The number of benzene rings is 2. The fraction of sp³-hybridized carbons (Fsp3) is 0.235. The van der Waals surface area contributed by atoms with Crippen molar-refractivity contribution in [2.24, 2.45) is 7.05 Å². The molecule has 1 atom stereocenters. The van der Waals surface area contributed by atoms with Gasteiger partial charge in [-0.2, -0.15) is 0 Å². The van der Waals surface area contributed by atoms with E-state index in [4.69, 9.17) is 0 Å². The van der Waals surface area contributed by atoms with Crippen LogP contribution in [-0.4, -0.2) is 19.0 Å². The van der Waals surface area contributed by atoms with Crippen LogP contribution in [-0.2, 0) is 23.5 Å². The van der Waals surface area contributed by atoms with E-state index in [0.717, 1.165) is 28.1 Å². The van der Waals surface area contributed by atoms with Crippen molar-refractivity contribution in [3.63, 3.8) is 0 Å². The molecule has 2 heterocycles. The Kier molecular flexibility index (Phi) is 3.33. The maximum Gasteiger partial charge on any atom is 0.307 e. The van der Waals surface area contributed by atoms with Gasteiger partial charge in [-0.15, -0.1) is 0 Å². The molecule has 1 aromatic heterocycles. The van der Waals surface area contributed by atoms with Crippen LogP contribution in [0.15, 0.2) is 52.2 Å². The topological polar surface area (TPSA) is 59.4 Å². The van der Waals surface area contributed by atoms with Crippen LogP contribution in [0, 0.1) is 0 Å². The van der Waals surface area contributed by atoms with Crippen molar-refractivity contribution in [2.45, 2.75) is 24.3 Å². The molecule has 0 spiro atoms. The first kappa shape index (κ1) is 15.4. The first-order chi connectivity index (χ1) is 11.4. The molecule has 0 saturated heterocycles. The molecule has 0 N–H and O–H groups in total. The molecular formula is C17H16N2O3S2. The standard InChI is InChI=1S/C17H16N2O3S2/c1-11-9-12-5-3-4-6-14(12)19(11)24(21,22)13-7-8-15-16(10-13)23-17(20)18(15)2/h3-8,10-11H,9H2,1-2H3/t11-/m0/s1. The zero-order valence-electron chi connectivity index (χ0n) is 13.3. The minimum absolute atomic E-state index is 0.0977. The molecule has 4 rings (SSSR count). The molecule has 7 heteroatoms. The minimum atomic E-state index is -3.67. The van der Waals surface area contributed by atoms with Crippen LogP contribution in [0.3, 0.4) is 0 Å². The molecule has 24 heavy (non-hydrogen) atoms. The monoisotopic (exact) mass is 360 g/mol. The second-order valence-electron chi connectivity index (χ2n) is 6.04. The Balaban J connectivity index is 1.88. The number of fused-ring (bicyclic) bond motifs is 2. The molecule has 0 radical (unpaired) electrons. The summed E-state index contributed by atoms with van der Waals surface area (Å²) in [5.74, 6) is 0. The third-order valence-electron chi connectivity index (χ3n) is 4.47. The van der Waals surface area contributed by atoms with Crippen LogP contribution < -0.4 is 9.18 Å². The molecule has 0 bridgehead atoms. The summed E-state index contributed by atoms with van der Waals surface area (Å²) in [5.41, 5.74) is 2.53. The van der Waals surface area contributed by atoms with Crippen LogP contribution in [0.25, 0.3) is 10.2 Å². The van der Waals surface area contributed by atoms with Crippen molar-refractivity contribution >= 4 is 37.3 Å². The molecule has 2 aromatic carbocycles. The highest BCUT2D eigenvalue weighted by Crippen LogP contribution is 2.37. The maximum atomic E-state index is 13.2. The summed E-state index contributed by atoms with van der Waals surface area (Å²) < 4.78 is 30.1. The molecule has 0 saturated carbocycles. The van der Waals surface area contributed by atoms with Gasteiger partial charge in [-0.05, 0) is 43.2 Å². The van der Waals surface area contributed by atoms with E-state index in [9.17, 15) is 13.2 Å². The van der Waals surface area contributed by atoms with Crippen LogP contribution in [0.5, 0.6) is 0 Å².